The number of hydrogen-bond acceptors (Lipinski definition) is 6. The highest BCUT2D eigenvalue weighted by atomic mass is 16.5. The Morgan fingerprint density at radius 1 is 1.07 bits per heavy atom. The third kappa shape index (κ3) is 3.55. The van der Waals surface area contributed by atoms with Crippen LogP contribution >= 0.6 is 0 Å². The zero-order valence-electron chi connectivity index (χ0n) is 17.7. The molecule has 1 saturated heterocycles. The van der Waals surface area contributed by atoms with E-state index in [2.05, 4.69) is 39.4 Å². The molecular weight excluding hydrogens is 374 g/mol. The van der Waals surface area contributed by atoms with Crippen molar-refractivity contribution < 1.29 is 4.74 Å². The number of nitrogens with zero attached hydrogens (tertiary/aromatic N) is 3. The second-order valence-electron chi connectivity index (χ2n) is 8.61. The van der Waals surface area contributed by atoms with Gasteiger partial charge in [-0.05, 0) is 49.1 Å². The van der Waals surface area contributed by atoms with Gasteiger partial charge in [0, 0.05) is 38.6 Å². The van der Waals surface area contributed by atoms with E-state index in [4.69, 9.17) is 15.5 Å². The minimum absolute atomic E-state index is 0.323. The first-order valence-corrected chi connectivity index (χ1v) is 11.0. The molecule has 2 aliphatic heterocycles. The molecule has 158 valence electrons. The first kappa shape index (κ1) is 19.4. The summed E-state index contributed by atoms with van der Waals surface area (Å²) in [6, 6.07) is 16.6. The monoisotopic (exact) mass is 405 g/mol. The summed E-state index contributed by atoms with van der Waals surface area (Å²) >= 11 is 0. The summed E-state index contributed by atoms with van der Waals surface area (Å²) in [6.07, 6.45) is 3.49. The second kappa shape index (κ2) is 7.93. The van der Waals surface area contributed by atoms with Crippen LogP contribution in [0.4, 0.5) is 11.4 Å². The summed E-state index contributed by atoms with van der Waals surface area (Å²) in [5.74, 6) is 2.19. The maximum atomic E-state index is 6.62. The average Bonchev–Trinajstić information content (AvgIpc) is 3.64. The number of benzene rings is 2. The lowest BCUT2D eigenvalue weighted by Crippen LogP contribution is -2.68. The molecule has 0 aromatic heterocycles. The number of amidine groups is 1. The van der Waals surface area contributed by atoms with E-state index in [9.17, 15) is 0 Å². The van der Waals surface area contributed by atoms with Crippen LogP contribution in [0.3, 0.4) is 0 Å². The van der Waals surface area contributed by atoms with Gasteiger partial charge in [0.25, 0.3) is 0 Å². The Hall–Kier alpha value is -2.57. The lowest BCUT2D eigenvalue weighted by atomic mass is 9.96. The Balaban J connectivity index is 1.24. The SMILES string of the molecule is COc1ccc(CCN2CCN(C3(C4CC4)Nc4ccccc4N=C3N)CC2)cc1. The molecule has 0 bridgehead atoms. The number of aliphatic imine (C=N–C) groups is 1. The molecule has 2 aromatic carbocycles. The van der Waals surface area contributed by atoms with E-state index in [1.54, 1.807) is 7.11 Å². The van der Waals surface area contributed by atoms with Crippen LogP contribution in [0.15, 0.2) is 53.5 Å². The lowest BCUT2D eigenvalue weighted by molar-refractivity contribution is 0.0705. The van der Waals surface area contributed by atoms with Gasteiger partial charge in [0.05, 0.1) is 18.5 Å². The topological polar surface area (TPSA) is 66.1 Å². The highest BCUT2D eigenvalue weighted by Gasteiger charge is 2.54. The summed E-state index contributed by atoms with van der Waals surface area (Å²) in [6.45, 7) is 5.20. The number of para-hydroxylation sites is 2. The van der Waals surface area contributed by atoms with E-state index in [0.717, 1.165) is 62.1 Å². The smallest absolute Gasteiger partial charge is 0.153 e. The van der Waals surface area contributed by atoms with Gasteiger partial charge in [0.2, 0.25) is 0 Å². The lowest BCUT2D eigenvalue weighted by Gasteiger charge is -2.50. The molecule has 3 aliphatic rings. The number of nitrogens with two attached hydrogens (primary N) is 1. The van der Waals surface area contributed by atoms with Crippen molar-refractivity contribution in [3.8, 4) is 5.75 Å². The molecule has 6 heteroatoms. The van der Waals surface area contributed by atoms with Crippen LogP contribution in [0, 0.1) is 5.92 Å². The van der Waals surface area contributed by atoms with E-state index < -0.39 is 0 Å². The molecule has 1 atom stereocenters. The van der Waals surface area contributed by atoms with Crippen molar-refractivity contribution in [1.82, 2.24) is 9.80 Å². The highest BCUT2D eigenvalue weighted by Crippen LogP contribution is 2.47. The van der Waals surface area contributed by atoms with Crippen molar-refractivity contribution in [3.05, 3.63) is 54.1 Å². The molecule has 0 amide bonds. The molecule has 2 heterocycles. The van der Waals surface area contributed by atoms with Crippen molar-refractivity contribution in [2.75, 3.05) is 45.2 Å². The predicted molar refractivity (Wildman–Crippen MR) is 122 cm³/mol. The molecule has 2 aromatic rings. The van der Waals surface area contributed by atoms with Crippen molar-refractivity contribution in [2.45, 2.75) is 24.9 Å². The molecule has 6 nitrogen and oxygen atoms in total. The quantitative estimate of drug-likeness (QED) is 0.773. The predicted octanol–water partition coefficient (Wildman–Crippen LogP) is 3.08. The average molecular weight is 406 g/mol. The molecule has 1 aliphatic carbocycles. The van der Waals surface area contributed by atoms with Crippen molar-refractivity contribution >= 4 is 17.2 Å². The van der Waals surface area contributed by atoms with Gasteiger partial charge >= 0.3 is 0 Å². The Kier molecular flexibility index (Phi) is 5.13. The largest absolute Gasteiger partial charge is 0.497 e. The summed E-state index contributed by atoms with van der Waals surface area (Å²) < 4.78 is 5.26. The van der Waals surface area contributed by atoms with Crippen molar-refractivity contribution in [3.63, 3.8) is 0 Å². The molecular formula is C24H31N5O. The van der Waals surface area contributed by atoms with Gasteiger partial charge < -0.3 is 20.7 Å². The van der Waals surface area contributed by atoms with E-state index >= 15 is 0 Å². The number of anilines is 1. The molecule has 1 unspecified atom stereocenters. The van der Waals surface area contributed by atoms with Crippen LogP contribution in [-0.4, -0.2) is 61.1 Å². The van der Waals surface area contributed by atoms with Crippen LogP contribution in [0.25, 0.3) is 0 Å². The number of fused-ring (bicyclic) bond motifs is 1. The molecule has 0 radical (unpaired) electrons. The van der Waals surface area contributed by atoms with Gasteiger partial charge in [-0.3, -0.25) is 4.90 Å². The molecule has 0 spiro atoms. The van der Waals surface area contributed by atoms with Crippen LogP contribution in [0.5, 0.6) is 5.75 Å². The fourth-order valence-corrected chi connectivity index (χ4v) is 4.88. The van der Waals surface area contributed by atoms with Gasteiger partial charge in [-0.25, -0.2) is 4.99 Å². The third-order valence-electron chi connectivity index (χ3n) is 6.78. The Labute approximate surface area is 178 Å². The summed E-state index contributed by atoms with van der Waals surface area (Å²) in [4.78, 5) is 9.92. The minimum atomic E-state index is -0.323. The number of hydrogen-bond donors (Lipinski definition) is 2. The molecule has 5 rings (SSSR count). The summed E-state index contributed by atoms with van der Waals surface area (Å²) in [5, 5.41) is 3.82. The van der Waals surface area contributed by atoms with Crippen LogP contribution < -0.4 is 15.8 Å². The van der Waals surface area contributed by atoms with Gasteiger partial charge in [-0.2, -0.15) is 0 Å². The van der Waals surface area contributed by atoms with Crippen LogP contribution in [0.2, 0.25) is 0 Å². The number of nitrogens with one attached hydrogen (secondary N) is 1. The fraction of sp³-hybridized carbons (Fsp3) is 0.458. The Bertz CT molecular complexity index is 915. The van der Waals surface area contributed by atoms with E-state index in [-0.39, 0.29) is 5.66 Å². The standard InChI is InChI=1S/C24H31N5O/c1-30-20-10-6-18(7-11-20)12-13-28-14-16-29(17-15-28)24(19-8-9-19)23(25)26-21-4-2-3-5-22(21)27-24/h2-7,10-11,19,27H,8-9,12-17H2,1H3,(H2,25,26). The van der Waals surface area contributed by atoms with E-state index in [1.807, 2.05) is 24.3 Å². The fourth-order valence-electron chi connectivity index (χ4n) is 4.88. The normalized spacial score (nSPS) is 24.6. The first-order valence-electron chi connectivity index (χ1n) is 11.0. The second-order valence-corrected chi connectivity index (χ2v) is 8.61. The molecule has 1 saturated carbocycles. The zero-order chi connectivity index (χ0) is 20.6. The van der Waals surface area contributed by atoms with E-state index in [1.165, 1.54) is 18.4 Å². The van der Waals surface area contributed by atoms with Gasteiger partial charge in [-0.1, -0.05) is 24.3 Å². The summed E-state index contributed by atoms with van der Waals surface area (Å²) in [5.41, 5.74) is 9.69. The number of ether oxygens (including phenoxy) is 1. The highest BCUT2D eigenvalue weighted by molar-refractivity contribution is 5.99. The number of rotatable bonds is 6. The summed E-state index contributed by atoms with van der Waals surface area (Å²) in [7, 11) is 1.71. The van der Waals surface area contributed by atoms with Crippen molar-refractivity contribution in [2.24, 2.45) is 16.6 Å². The molecule has 3 N–H and O–H groups in total. The number of methoxy groups -OCH3 is 1. The number of piperazine rings is 1. The maximum absolute atomic E-state index is 6.62. The first-order chi connectivity index (χ1) is 14.7. The van der Waals surface area contributed by atoms with Crippen molar-refractivity contribution in [1.29, 1.82) is 0 Å². The van der Waals surface area contributed by atoms with Gasteiger partial charge in [-0.15, -0.1) is 0 Å². The zero-order valence-corrected chi connectivity index (χ0v) is 17.7. The Morgan fingerprint density at radius 3 is 2.50 bits per heavy atom. The van der Waals surface area contributed by atoms with Gasteiger partial charge in [0.1, 0.15) is 11.6 Å². The van der Waals surface area contributed by atoms with E-state index in [0.29, 0.717) is 5.92 Å². The van der Waals surface area contributed by atoms with Crippen LogP contribution in [0.1, 0.15) is 18.4 Å². The Morgan fingerprint density at radius 2 is 1.80 bits per heavy atom. The molecule has 30 heavy (non-hydrogen) atoms. The van der Waals surface area contributed by atoms with Gasteiger partial charge in [0.15, 0.2) is 5.66 Å². The van der Waals surface area contributed by atoms with Crippen LogP contribution in [-0.2, 0) is 6.42 Å². The molecule has 2 fully saturated rings. The minimum Gasteiger partial charge on any atom is -0.497 e. The third-order valence-corrected chi connectivity index (χ3v) is 6.78. The maximum Gasteiger partial charge on any atom is 0.153 e.